The maximum Gasteiger partial charge on any atom is 0.104 e. The summed E-state index contributed by atoms with van der Waals surface area (Å²) in [6.45, 7) is 2.91. The average Bonchev–Trinajstić information content (AvgIpc) is 2.88. The van der Waals surface area contributed by atoms with E-state index >= 15 is 0 Å². The molecule has 0 amide bonds. The van der Waals surface area contributed by atoms with Crippen molar-refractivity contribution in [3.05, 3.63) is 35.4 Å². The SMILES string of the molecule is Cc1ccc(C2=NC[C@H]3C[C@@]23C#N)cc1. The van der Waals surface area contributed by atoms with Crippen LogP contribution in [0.5, 0.6) is 0 Å². The number of nitrogens with zero attached hydrogens (tertiary/aromatic N) is 2. The van der Waals surface area contributed by atoms with E-state index in [9.17, 15) is 5.26 Å². The van der Waals surface area contributed by atoms with Gasteiger partial charge in [0.25, 0.3) is 0 Å². The lowest BCUT2D eigenvalue weighted by Gasteiger charge is -2.07. The normalized spacial score (nSPS) is 31.7. The van der Waals surface area contributed by atoms with E-state index in [2.05, 4.69) is 42.3 Å². The molecular weight excluding hydrogens is 184 g/mol. The third-order valence-corrected chi connectivity index (χ3v) is 3.52. The predicted octanol–water partition coefficient (Wildman–Crippen LogP) is 2.33. The van der Waals surface area contributed by atoms with Gasteiger partial charge in [-0.3, -0.25) is 4.99 Å². The summed E-state index contributed by atoms with van der Waals surface area (Å²) in [6, 6.07) is 10.8. The van der Waals surface area contributed by atoms with E-state index in [4.69, 9.17) is 0 Å². The number of fused-ring (bicyclic) bond motifs is 1. The highest BCUT2D eigenvalue weighted by atomic mass is 14.9. The molecule has 74 valence electrons. The Labute approximate surface area is 89.3 Å². The van der Waals surface area contributed by atoms with Crippen LogP contribution in [0, 0.1) is 29.6 Å². The third-order valence-electron chi connectivity index (χ3n) is 3.52. The first-order valence-corrected chi connectivity index (χ1v) is 5.29. The smallest absolute Gasteiger partial charge is 0.104 e. The highest BCUT2D eigenvalue weighted by Gasteiger charge is 2.61. The molecule has 2 nitrogen and oxygen atoms in total. The molecule has 0 aromatic heterocycles. The highest BCUT2D eigenvalue weighted by Crippen LogP contribution is 2.58. The first-order chi connectivity index (χ1) is 7.26. The van der Waals surface area contributed by atoms with E-state index in [0.717, 1.165) is 24.2 Å². The number of hydrogen-bond donors (Lipinski definition) is 0. The molecule has 0 bridgehead atoms. The van der Waals surface area contributed by atoms with Crippen molar-refractivity contribution >= 4 is 5.71 Å². The van der Waals surface area contributed by atoms with Gasteiger partial charge in [-0.2, -0.15) is 5.26 Å². The van der Waals surface area contributed by atoms with Gasteiger partial charge in [-0.05, 0) is 18.9 Å². The maximum atomic E-state index is 9.22. The van der Waals surface area contributed by atoms with E-state index in [0.29, 0.717) is 5.92 Å². The molecule has 1 saturated carbocycles. The molecule has 0 radical (unpaired) electrons. The van der Waals surface area contributed by atoms with Crippen LogP contribution in [0.1, 0.15) is 17.5 Å². The number of benzene rings is 1. The summed E-state index contributed by atoms with van der Waals surface area (Å²) in [5.41, 5.74) is 3.17. The minimum Gasteiger partial charge on any atom is -0.287 e. The van der Waals surface area contributed by atoms with Crippen molar-refractivity contribution in [2.75, 3.05) is 6.54 Å². The van der Waals surface area contributed by atoms with E-state index in [1.165, 1.54) is 5.56 Å². The highest BCUT2D eigenvalue weighted by molar-refractivity contribution is 6.10. The second-order valence-electron chi connectivity index (χ2n) is 4.54. The van der Waals surface area contributed by atoms with E-state index < -0.39 is 0 Å². The van der Waals surface area contributed by atoms with E-state index in [1.807, 2.05) is 0 Å². The zero-order valence-electron chi connectivity index (χ0n) is 8.70. The standard InChI is InChI=1S/C13H12N2/c1-9-2-4-10(5-3-9)12-13(8-14)6-11(13)7-15-12/h2-5,11H,6-7H2,1H3/t11-,13+/m1/s1. The van der Waals surface area contributed by atoms with Crippen molar-refractivity contribution in [3.63, 3.8) is 0 Å². The quantitative estimate of drug-likeness (QED) is 0.679. The Morgan fingerprint density at radius 3 is 2.73 bits per heavy atom. The summed E-state index contributed by atoms with van der Waals surface area (Å²) < 4.78 is 0. The molecule has 15 heavy (non-hydrogen) atoms. The zero-order valence-corrected chi connectivity index (χ0v) is 8.70. The fourth-order valence-corrected chi connectivity index (χ4v) is 2.43. The minimum atomic E-state index is -0.227. The van der Waals surface area contributed by atoms with Gasteiger partial charge in [-0.1, -0.05) is 29.8 Å². The van der Waals surface area contributed by atoms with Gasteiger partial charge in [-0.15, -0.1) is 0 Å². The van der Waals surface area contributed by atoms with Gasteiger partial charge in [-0.25, -0.2) is 0 Å². The van der Waals surface area contributed by atoms with Crippen LogP contribution in [0.2, 0.25) is 0 Å². The number of nitriles is 1. The molecule has 2 atom stereocenters. The molecule has 2 aliphatic rings. The summed E-state index contributed by atoms with van der Waals surface area (Å²) >= 11 is 0. The first kappa shape index (κ1) is 8.67. The molecule has 1 aliphatic carbocycles. The van der Waals surface area contributed by atoms with Gasteiger partial charge >= 0.3 is 0 Å². The minimum absolute atomic E-state index is 0.227. The Bertz CT molecular complexity index is 478. The van der Waals surface area contributed by atoms with Gasteiger partial charge in [0.1, 0.15) is 5.41 Å². The average molecular weight is 196 g/mol. The molecule has 1 fully saturated rings. The number of rotatable bonds is 1. The summed E-state index contributed by atoms with van der Waals surface area (Å²) in [4.78, 5) is 4.50. The Morgan fingerprint density at radius 1 is 1.40 bits per heavy atom. The van der Waals surface area contributed by atoms with Crippen molar-refractivity contribution in [2.45, 2.75) is 13.3 Å². The second-order valence-corrected chi connectivity index (χ2v) is 4.54. The third kappa shape index (κ3) is 1.07. The molecule has 0 unspecified atom stereocenters. The number of aliphatic imine (C=N–C) groups is 1. The molecule has 1 aliphatic heterocycles. The largest absolute Gasteiger partial charge is 0.287 e. The van der Waals surface area contributed by atoms with Crippen LogP contribution < -0.4 is 0 Å². The van der Waals surface area contributed by atoms with Crippen LogP contribution in [0.4, 0.5) is 0 Å². The molecule has 1 heterocycles. The molecule has 1 aromatic rings. The Balaban J connectivity index is 2.02. The number of aryl methyl sites for hydroxylation is 1. The maximum absolute atomic E-state index is 9.22. The molecule has 3 rings (SSSR count). The van der Waals surface area contributed by atoms with Crippen LogP contribution in [0.15, 0.2) is 29.3 Å². The summed E-state index contributed by atoms with van der Waals surface area (Å²) in [6.07, 6.45) is 1.01. The lowest BCUT2D eigenvalue weighted by atomic mass is 9.94. The van der Waals surface area contributed by atoms with Crippen molar-refractivity contribution < 1.29 is 0 Å². The fourth-order valence-electron chi connectivity index (χ4n) is 2.43. The summed E-state index contributed by atoms with van der Waals surface area (Å²) in [5.74, 6) is 0.499. The van der Waals surface area contributed by atoms with Gasteiger partial charge in [0.05, 0.1) is 11.8 Å². The van der Waals surface area contributed by atoms with Crippen molar-refractivity contribution in [3.8, 4) is 6.07 Å². The monoisotopic (exact) mass is 196 g/mol. The number of hydrogen-bond acceptors (Lipinski definition) is 2. The molecule has 1 aromatic carbocycles. The molecular formula is C13H12N2. The van der Waals surface area contributed by atoms with Crippen molar-refractivity contribution in [2.24, 2.45) is 16.3 Å². The zero-order chi connectivity index (χ0) is 10.5. The van der Waals surface area contributed by atoms with Crippen LogP contribution in [-0.4, -0.2) is 12.3 Å². The van der Waals surface area contributed by atoms with Crippen molar-refractivity contribution in [1.82, 2.24) is 0 Å². The molecule has 0 spiro atoms. The van der Waals surface area contributed by atoms with Gasteiger partial charge < -0.3 is 0 Å². The Hall–Kier alpha value is -1.62. The Morgan fingerprint density at radius 2 is 2.13 bits per heavy atom. The van der Waals surface area contributed by atoms with Crippen LogP contribution >= 0.6 is 0 Å². The lowest BCUT2D eigenvalue weighted by Crippen LogP contribution is -2.13. The van der Waals surface area contributed by atoms with Gasteiger partial charge in [0, 0.05) is 12.5 Å². The van der Waals surface area contributed by atoms with Crippen LogP contribution in [-0.2, 0) is 0 Å². The lowest BCUT2D eigenvalue weighted by molar-refractivity contribution is 0.802. The van der Waals surface area contributed by atoms with Crippen LogP contribution in [0.25, 0.3) is 0 Å². The van der Waals surface area contributed by atoms with E-state index in [1.54, 1.807) is 0 Å². The summed E-state index contributed by atoms with van der Waals surface area (Å²) in [7, 11) is 0. The molecule has 2 heteroatoms. The van der Waals surface area contributed by atoms with Crippen LogP contribution in [0.3, 0.4) is 0 Å². The Kier molecular flexibility index (Phi) is 1.56. The van der Waals surface area contributed by atoms with Gasteiger partial charge in [0.15, 0.2) is 0 Å². The fraction of sp³-hybridized carbons (Fsp3) is 0.385. The molecule has 0 N–H and O–H groups in total. The topological polar surface area (TPSA) is 36.1 Å². The molecule has 0 saturated heterocycles. The van der Waals surface area contributed by atoms with Crippen molar-refractivity contribution in [1.29, 1.82) is 5.26 Å². The summed E-state index contributed by atoms with van der Waals surface area (Å²) in [5, 5.41) is 9.22. The second kappa shape index (κ2) is 2.70. The van der Waals surface area contributed by atoms with Gasteiger partial charge in [0.2, 0.25) is 0 Å². The first-order valence-electron chi connectivity index (χ1n) is 5.29. The predicted molar refractivity (Wildman–Crippen MR) is 58.7 cm³/mol. The van der Waals surface area contributed by atoms with E-state index in [-0.39, 0.29) is 5.41 Å².